The molecule has 1 atom stereocenters. The van der Waals surface area contributed by atoms with E-state index >= 15 is 0 Å². The summed E-state index contributed by atoms with van der Waals surface area (Å²) in [4.78, 5) is 0. The van der Waals surface area contributed by atoms with E-state index in [4.69, 9.17) is 0 Å². The summed E-state index contributed by atoms with van der Waals surface area (Å²) in [6, 6.07) is 4.19. The molecule has 0 aromatic heterocycles. The maximum absolute atomic E-state index is 12.8. The highest BCUT2D eigenvalue weighted by Gasteiger charge is 2.31. The highest BCUT2D eigenvalue weighted by Crippen LogP contribution is 2.33. The van der Waals surface area contributed by atoms with Crippen molar-refractivity contribution >= 4 is 0 Å². The molecule has 1 nitrogen and oxygen atoms in total. The second-order valence-electron chi connectivity index (χ2n) is 4.55. The van der Waals surface area contributed by atoms with Crippen LogP contribution in [0.2, 0.25) is 0 Å². The Hall–Kier alpha value is -1.03. The van der Waals surface area contributed by atoms with Gasteiger partial charge in [-0.3, -0.25) is 0 Å². The van der Waals surface area contributed by atoms with Crippen LogP contribution in [0.25, 0.3) is 0 Å². The van der Waals surface area contributed by atoms with Crippen molar-refractivity contribution in [2.45, 2.75) is 38.9 Å². The Morgan fingerprint density at radius 2 is 1.53 bits per heavy atom. The van der Waals surface area contributed by atoms with Crippen molar-refractivity contribution in [3.63, 3.8) is 0 Å². The Labute approximate surface area is 100 Å². The Morgan fingerprint density at radius 3 is 1.94 bits per heavy atom. The van der Waals surface area contributed by atoms with Gasteiger partial charge in [0.15, 0.2) is 0 Å². The van der Waals surface area contributed by atoms with Gasteiger partial charge in [0.05, 0.1) is 5.56 Å². The lowest BCUT2D eigenvalue weighted by Crippen LogP contribution is -2.15. The Bertz CT molecular complexity index is 383. The van der Waals surface area contributed by atoms with Gasteiger partial charge >= 0.3 is 6.18 Å². The molecule has 1 rings (SSSR count). The third-order valence-electron chi connectivity index (χ3n) is 2.90. The van der Waals surface area contributed by atoms with Gasteiger partial charge in [-0.15, -0.1) is 0 Å². The molecule has 4 heteroatoms. The normalized spacial score (nSPS) is 14.1. The average molecular weight is 245 g/mol. The molecule has 0 saturated heterocycles. The molecule has 0 amide bonds. The molecular formula is C13H18F3N. The number of hydrogen-bond acceptors (Lipinski definition) is 1. The SMILES string of the molecule is CN[C@H](C)c1cc(C(C)C)cc(C(F)(F)F)c1. The fourth-order valence-electron chi connectivity index (χ4n) is 1.59. The second-order valence-corrected chi connectivity index (χ2v) is 4.55. The molecule has 1 aromatic rings. The summed E-state index contributed by atoms with van der Waals surface area (Å²) in [6.07, 6.45) is -4.28. The molecule has 0 aliphatic carbocycles. The molecule has 0 fully saturated rings. The Morgan fingerprint density at radius 1 is 1.00 bits per heavy atom. The first-order valence-electron chi connectivity index (χ1n) is 5.65. The van der Waals surface area contributed by atoms with Crippen molar-refractivity contribution in [3.8, 4) is 0 Å². The highest BCUT2D eigenvalue weighted by atomic mass is 19.4. The maximum Gasteiger partial charge on any atom is 0.416 e. The average Bonchev–Trinajstić information content (AvgIpc) is 2.26. The van der Waals surface area contributed by atoms with Crippen LogP contribution in [0.15, 0.2) is 18.2 Å². The molecule has 96 valence electrons. The van der Waals surface area contributed by atoms with Crippen molar-refractivity contribution in [2.75, 3.05) is 7.05 Å². The predicted octanol–water partition coefficient (Wildman–Crippen LogP) is 4.11. The molecule has 0 heterocycles. The van der Waals surface area contributed by atoms with Gasteiger partial charge in [0, 0.05) is 6.04 Å². The zero-order valence-electron chi connectivity index (χ0n) is 10.5. The number of rotatable bonds is 3. The number of hydrogen-bond donors (Lipinski definition) is 1. The van der Waals surface area contributed by atoms with E-state index in [1.165, 1.54) is 12.1 Å². The number of halogens is 3. The van der Waals surface area contributed by atoms with Crippen LogP contribution >= 0.6 is 0 Å². The minimum Gasteiger partial charge on any atom is -0.313 e. The number of alkyl halides is 3. The smallest absolute Gasteiger partial charge is 0.313 e. The van der Waals surface area contributed by atoms with Crippen molar-refractivity contribution < 1.29 is 13.2 Å². The second kappa shape index (κ2) is 5.08. The third-order valence-corrected chi connectivity index (χ3v) is 2.90. The molecule has 0 aliphatic heterocycles. The zero-order chi connectivity index (χ0) is 13.2. The van der Waals surface area contributed by atoms with Crippen LogP contribution in [0.1, 0.15) is 49.4 Å². The summed E-state index contributed by atoms with van der Waals surface area (Å²) in [7, 11) is 1.74. The van der Waals surface area contributed by atoms with Gasteiger partial charge in [-0.05, 0) is 43.1 Å². The minimum absolute atomic E-state index is 0.0834. The van der Waals surface area contributed by atoms with Crippen LogP contribution in [0, 0.1) is 0 Å². The standard InChI is InChI=1S/C13H18F3N/c1-8(2)10-5-11(9(3)17-4)7-12(6-10)13(14,15)16/h5-9,17H,1-4H3/t9-/m1/s1. The largest absolute Gasteiger partial charge is 0.416 e. The molecule has 0 aliphatic rings. The quantitative estimate of drug-likeness (QED) is 0.845. The van der Waals surface area contributed by atoms with Crippen LogP contribution in [0.4, 0.5) is 13.2 Å². The van der Waals surface area contributed by atoms with Gasteiger partial charge in [-0.2, -0.15) is 13.2 Å². The molecule has 0 radical (unpaired) electrons. The van der Waals surface area contributed by atoms with Crippen LogP contribution < -0.4 is 5.32 Å². The molecular weight excluding hydrogens is 227 g/mol. The lowest BCUT2D eigenvalue weighted by atomic mass is 9.95. The third kappa shape index (κ3) is 3.46. The molecule has 1 aromatic carbocycles. The van der Waals surface area contributed by atoms with Crippen molar-refractivity contribution in [1.29, 1.82) is 0 Å². The molecule has 17 heavy (non-hydrogen) atoms. The number of benzene rings is 1. The first-order chi connectivity index (χ1) is 7.75. The molecule has 0 unspecified atom stereocenters. The van der Waals surface area contributed by atoms with Crippen molar-refractivity contribution in [3.05, 3.63) is 34.9 Å². The van der Waals surface area contributed by atoms with E-state index in [-0.39, 0.29) is 12.0 Å². The molecule has 0 saturated carbocycles. The molecule has 0 spiro atoms. The van der Waals surface area contributed by atoms with Crippen LogP contribution in [-0.4, -0.2) is 7.05 Å². The topological polar surface area (TPSA) is 12.0 Å². The molecule has 0 bridgehead atoms. The van der Waals surface area contributed by atoms with Gasteiger partial charge in [0.2, 0.25) is 0 Å². The van der Waals surface area contributed by atoms with Crippen LogP contribution in [0.5, 0.6) is 0 Å². The van der Waals surface area contributed by atoms with Crippen molar-refractivity contribution in [2.24, 2.45) is 0 Å². The van der Waals surface area contributed by atoms with Gasteiger partial charge < -0.3 is 5.32 Å². The summed E-state index contributed by atoms with van der Waals surface area (Å²) >= 11 is 0. The van der Waals surface area contributed by atoms with E-state index in [0.717, 1.165) is 5.56 Å². The minimum atomic E-state index is -4.28. The Kier molecular flexibility index (Phi) is 4.20. The predicted molar refractivity (Wildman–Crippen MR) is 63.0 cm³/mol. The van der Waals surface area contributed by atoms with E-state index in [9.17, 15) is 13.2 Å². The lowest BCUT2D eigenvalue weighted by Gasteiger charge is -2.17. The summed E-state index contributed by atoms with van der Waals surface area (Å²) in [6.45, 7) is 5.63. The van der Waals surface area contributed by atoms with Crippen LogP contribution in [-0.2, 0) is 6.18 Å². The summed E-state index contributed by atoms with van der Waals surface area (Å²) in [5.41, 5.74) is 0.823. The number of nitrogens with one attached hydrogen (secondary N) is 1. The van der Waals surface area contributed by atoms with Gasteiger partial charge in [0.25, 0.3) is 0 Å². The highest BCUT2D eigenvalue weighted by molar-refractivity contribution is 5.35. The monoisotopic (exact) mass is 245 g/mol. The zero-order valence-corrected chi connectivity index (χ0v) is 10.5. The van der Waals surface area contributed by atoms with E-state index < -0.39 is 11.7 Å². The summed E-state index contributed by atoms with van der Waals surface area (Å²) < 4.78 is 38.3. The van der Waals surface area contributed by atoms with Gasteiger partial charge in [-0.25, -0.2) is 0 Å². The fraction of sp³-hybridized carbons (Fsp3) is 0.538. The Balaban J connectivity index is 3.29. The van der Waals surface area contributed by atoms with E-state index in [1.807, 2.05) is 26.8 Å². The van der Waals surface area contributed by atoms with Crippen LogP contribution in [0.3, 0.4) is 0 Å². The maximum atomic E-state index is 12.8. The van der Waals surface area contributed by atoms with E-state index in [0.29, 0.717) is 5.56 Å². The molecule has 1 N–H and O–H groups in total. The summed E-state index contributed by atoms with van der Waals surface area (Å²) in [5.74, 6) is 0.0834. The van der Waals surface area contributed by atoms with Crippen molar-refractivity contribution in [1.82, 2.24) is 5.32 Å². The first kappa shape index (κ1) is 14.0. The van der Waals surface area contributed by atoms with E-state index in [1.54, 1.807) is 7.05 Å². The van der Waals surface area contributed by atoms with E-state index in [2.05, 4.69) is 5.32 Å². The fourth-order valence-corrected chi connectivity index (χ4v) is 1.59. The van der Waals surface area contributed by atoms with Gasteiger partial charge in [0.1, 0.15) is 0 Å². The lowest BCUT2D eigenvalue weighted by molar-refractivity contribution is -0.137. The van der Waals surface area contributed by atoms with Gasteiger partial charge in [-0.1, -0.05) is 19.9 Å². The first-order valence-corrected chi connectivity index (χ1v) is 5.65. The summed E-state index contributed by atoms with van der Waals surface area (Å²) in [5, 5.41) is 2.96.